The van der Waals surface area contributed by atoms with Gasteiger partial charge in [-0.3, -0.25) is 4.79 Å². The number of halogens is 1. The van der Waals surface area contributed by atoms with Crippen molar-refractivity contribution in [2.75, 3.05) is 6.54 Å². The van der Waals surface area contributed by atoms with Crippen molar-refractivity contribution in [3.8, 4) is 0 Å². The van der Waals surface area contributed by atoms with E-state index in [9.17, 15) is 4.79 Å². The lowest BCUT2D eigenvalue weighted by molar-refractivity contribution is -0.266. The van der Waals surface area contributed by atoms with Gasteiger partial charge in [0.1, 0.15) is 0 Å². The summed E-state index contributed by atoms with van der Waals surface area (Å²) in [5.41, 5.74) is -0.283. The lowest BCUT2D eigenvalue weighted by Crippen LogP contribution is -2.64. The number of carbonyl (C=O) groups excluding carboxylic acids is 1. The van der Waals surface area contributed by atoms with Crippen LogP contribution in [0.3, 0.4) is 0 Å². The highest BCUT2D eigenvalue weighted by atomic mass is 35.5. The van der Waals surface area contributed by atoms with Gasteiger partial charge in [0.25, 0.3) is 0 Å². The summed E-state index contributed by atoms with van der Waals surface area (Å²) in [5.74, 6) is -0.237. The number of rotatable bonds is 5. The molecule has 1 rings (SSSR count). The third-order valence-electron chi connectivity index (χ3n) is 3.77. The zero-order valence-electron chi connectivity index (χ0n) is 13.8. The highest BCUT2D eigenvalue weighted by Gasteiger charge is 2.47. The molecule has 0 amide bonds. The lowest BCUT2D eigenvalue weighted by Gasteiger charge is -2.53. The summed E-state index contributed by atoms with van der Waals surface area (Å²) in [6, 6.07) is 0.489. The number of carbonyl (C=O) groups is 1. The van der Waals surface area contributed by atoms with E-state index in [1.165, 1.54) is 19.8 Å². The molecule has 0 aromatic rings. The standard InChI is InChI=1S/C15H30N2O2.ClH/c1-7-8-9-16-13-10-14(3,4)17(19-12(2)18)15(5,6)11-13;/h13,16H,7-11H2,1-6H3;1H. The Morgan fingerprint density at radius 2 is 1.75 bits per heavy atom. The predicted octanol–water partition coefficient (Wildman–Crippen LogP) is 3.30. The summed E-state index contributed by atoms with van der Waals surface area (Å²) in [4.78, 5) is 16.8. The third kappa shape index (κ3) is 5.23. The average molecular weight is 307 g/mol. The van der Waals surface area contributed by atoms with Crippen LogP contribution in [0.2, 0.25) is 0 Å². The highest BCUT2D eigenvalue weighted by molar-refractivity contribution is 5.85. The molecule has 0 aromatic heterocycles. The van der Waals surface area contributed by atoms with Crippen molar-refractivity contribution in [1.82, 2.24) is 10.4 Å². The van der Waals surface area contributed by atoms with Crippen LogP contribution < -0.4 is 5.32 Å². The van der Waals surface area contributed by atoms with Crippen molar-refractivity contribution in [3.63, 3.8) is 0 Å². The molecule has 0 unspecified atom stereocenters. The molecule has 0 aromatic carbocycles. The summed E-state index contributed by atoms with van der Waals surface area (Å²) in [6.07, 6.45) is 4.41. The maximum Gasteiger partial charge on any atom is 0.322 e. The van der Waals surface area contributed by atoms with Crippen LogP contribution in [0.25, 0.3) is 0 Å². The van der Waals surface area contributed by atoms with E-state index in [1.54, 1.807) is 0 Å². The van der Waals surface area contributed by atoms with Gasteiger partial charge in [-0.05, 0) is 53.5 Å². The Kier molecular flexibility index (Phi) is 7.50. The van der Waals surface area contributed by atoms with Crippen LogP contribution in [0.5, 0.6) is 0 Å². The Bertz CT molecular complexity index is 301. The van der Waals surface area contributed by atoms with Gasteiger partial charge in [0.15, 0.2) is 0 Å². The van der Waals surface area contributed by atoms with Gasteiger partial charge in [0, 0.05) is 13.0 Å². The average Bonchev–Trinajstić information content (AvgIpc) is 2.23. The third-order valence-corrected chi connectivity index (χ3v) is 3.77. The van der Waals surface area contributed by atoms with Gasteiger partial charge in [-0.25, -0.2) is 0 Å². The van der Waals surface area contributed by atoms with E-state index < -0.39 is 0 Å². The Balaban J connectivity index is 0.00000361. The quantitative estimate of drug-likeness (QED) is 0.791. The van der Waals surface area contributed by atoms with Crippen LogP contribution in [0.1, 0.15) is 67.2 Å². The van der Waals surface area contributed by atoms with E-state index in [-0.39, 0.29) is 29.5 Å². The zero-order valence-corrected chi connectivity index (χ0v) is 14.6. The monoisotopic (exact) mass is 306 g/mol. The Morgan fingerprint density at radius 3 is 2.15 bits per heavy atom. The highest BCUT2D eigenvalue weighted by Crippen LogP contribution is 2.38. The Hall–Kier alpha value is -0.320. The van der Waals surface area contributed by atoms with Gasteiger partial charge in [-0.2, -0.15) is 0 Å². The van der Waals surface area contributed by atoms with E-state index in [0.29, 0.717) is 6.04 Å². The number of nitrogens with one attached hydrogen (secondary N) is 1. The summed E-state index contributed by atoms with van der Waals surface area (Å²) in [7, 11) is 0. The number of piperidine rings is 1. The van der Waals surface area contributed by atoms with E-state index in [1.807, 2.05) is 5.06 Å². The molecule has 1 fully saturated rings. The molecule has 20 heavy (non-hydrogen) atoms. The smallest absolute Gasteiger partial charge is 0.322 e. The first-order valence-electron chi connectivity index (χ1n) is 7.41. The fourth-order valence-corrected chi connectivity index (χ4v) is 3.27. The van der Waals surface area contributed by atoms with Crippen LogP contribution in [0, 0.1) is 0 Å². The SMILES string of the molecule is CCCCNC1CC(C)(C)N(OC(C)=O)C(C)(C)C1.Cl. The van der Waals surface area contributed by atoms with Gasteiger partial charge in [0.05, 0.1) is 11.1 Å². The first kappa shape index (κ1) is 19.7. The first-order chi connectivity index (χ1) is 8.69. The number of hydrogen-bond acceptors (Lipinski definition) is 4. The van der Waals surface area contributed by atoms with E-state index >= 15 is 0 Å². The molecule has 1 saturated heterocycles. The molecule has 1 N–H and O–H groups in total. The first-order valence-corrected chi connectivity index (χ1v) is 7.41. The normalized spacial score (nSPS) is 22.1. The molecule has 0 bridgehead atoms. The van der Waals surface area contributed by atoms with Crippen LogP contribution in [-0.2, 0) is 9.63 Å². The van der Waals surface area contributed by atoms with Gasteiger partial charge >= 0.3 is 5.97 Å². The molecule has 0 spiro atoms. The van der Waals surface area contributed by atoms with Gasteiger partial charge in [0.2, 0.25) is 0 Å². The largest absolute Gasteiger partial charge is 0.367 e. The predicted molar refractivity (Wildman–Crippen MR) is 84.9 cm³/mol. The molecule has 5 heteroatoms. The molecule has 0 aliphatic carbocycles. The van der Waals surface area contributed by atoms with Crippen molar-refractivity contribution in [3.05, 3.63) is 0 Å². The van der Waals surface area contributed by atoms with Crippen molar-refractivity contribution < 1.29 is 9.63 Å². The van der Waals surface area contributed by atoms with Crippen LogP contribution in [0.4, 0.5) is 0 Å². The van der Waals surface area contributed by atoms with Crippen molar-refractivity contribution >= 4 is 18.4 Å². The number of unbranched alkanes of at least 4 members (excludes halogenated alkanes) is 1. The lowest BCUT2D eigenvalue weighted by atomic mass is 9.79. The Morgan fingerprint density at radius 1 is 1.25 bits per heavy atom. The fraction of sp³-hybridized carbons (Fsp3) is 0.933. The number of nitrogens with zero attached hydrogens (tertiary/aromatic N) is 1. The van der Waals surface area contributed by atoms with Gasteiger partial charge in [-0.1, -0.05) is 13.3 Å². The van der Waals surface area contributed by atoms with Crippen LogP contribution in [0.15, 0.2) is 0 Å². The fourth-order valence-electron chi connectivity index (χ4n) is 3.27. The minimum Gasteiger partial charge on any atom is -0.367 e. The number of hydrogen-bond donors (Lipinski definition) is 1. The molecule has 4 nitrogen and oxygen atoms in total. The van der Waals surface area contributed by atoms with Gasteiger partial charge < -0.3 is 10.2 Å². The van der Waals surface area contributed by atoms with Crippen molar-refractivity contribution in [1.29, 1.82) is 0 Å². The second-order valence-electron chi connectivity index (χ2n) is 6.91. The molecule has 1 aliphatic rings. The van der Waals surface area contributed by atoms with Crippen molar-refractivity contribution in [2.24, 2.45) is 0 Å². The topological polar surface area (TPSA) is 41.6 Å². The molecule has 1 heterocycles. The summed E-state index contributed by atoms with van der Waals surface area (Å²) in [5, 5.41) is 5.53. The summed E-state index contributed by atoms with van der Waals surface area (Å²) in [6.45, 7) is 13.3. The van der Waals surface area contributed by atoms with E-state index in [2.05, 4.69) is 39.9 Å². The zero-order chi connectivity index (χ0) is 14.7. The molecule has 0 saturated carbocycles. The van der Waals surface area contributed by atoms with E-state index in [4.69, 9.17) is 4.84 Å². The molecule has 0 atom stereocenters. The molecule has 120 valence electrons. The van der Waals surface area contributed by atoms with Crippen molar-refractivity contribution in [2.45, 2.75) is 84.3 Å². The second kappa shape index (κ2) is 7.62. The van der Waals surface area contributed by atoms with Gasteiger partial charge in [-0.15, -0.1) is 17.5 Å². The minimum absolute atomic E-state index is 0. The maximum atomic E-state index is 11.3. The summed E-state index contributed by atoms with van der Waals surface area (Å²) < 4.78 is 0. The van der Waals surface area contributed by atoms with Crippen LogP contribution >= 0.6 is 12.4 Å². The van der Waals surface area contributed by atoms with E-state index in [0.717, 1.165) is 19.4 Å². The second-order valence-corrected chi connectivity index (χ2v) is 6.91. The van der Waals surface area contributed by atoms with Crippen LogP contribution in [-0.4, -0.2) is 34.7 Å². The minimum atomic E-state index is -0.237. The Labute approximate surface area is 130 Å². The number of hydroxylamine groups is 2. The summed E-state index contributed by atoms with van der Waals surface area (Å²) >= 11 is 0. The molecule has 1 aliphatic heterocycles. The molecular weight excluding hydrogens is 276 g/mol. The maximum absolute atomic E-state index is 11.3. The molecule has 0 radical (unpaired) electrons. The molecular formula is C15H31ClN2O2.